The van der Waals surface area contributed by atoms with Crippen molar-refractivity contribution in [3.8, 4) is 0 Å². The fourth-order valence-corrected chi connectivity index (χ4v) is 3.16. The Hall–Kier alpha value is -2.02. The molecule has 0 atom stereocenters. The van der Waals surface area contributed by atoms with Crippen LogP contribution in [-0.2, 0) is 0 Å². The summed E-state index contributed by atoms with van der Waals surface area (Å²) in [6.07, 6.45) is 6.06. The van der Waals surface area contributed by atoms with Crippen molar-refractivity contribution in [3.63, 3.8) is 0 Å². The number of fused-ring (bicyclic) bond motifs is 1. The van der Waals surface area contributed by atoms with Gasteiger partial charge in [-0.2, -0.15) is 0 Å². The lowest BCUT2D eigenvalue weighted by molar-refractivity contribution is 0.153. The van der Waals surface area contributed by atoms with Gasteiger partial charge in [0.2, 0.25) is 0 Å². The highest BCUT2D eigenvalue weighted by Crippen LogP contribution is 2.18. The molecule has 1 aliphatic rings. The largest absolute Gasteiger partial charge is 0.390 e. The smallest absolute Gasteiger partial charge is 0.129 e. The summed E-state index contributed by atoms with van der Waals surface area (Å²) in [7, 11) is 2.17. The standard InChI is InChI=1S/C19H25ClN6/c1-25-7-9-26(10-8-25)6-2-5-22-13-16(12-21)15-11-18-17(23-14-15)3-4-19(20)24-18/h3-4,11-14,21-22H,2,5-10H2,1H3/b16-13+,21-12?. The first kappa shape index (κ1) is 18.8. The second-order valence-electron chi connectivity index (χ2n) is 6.59. The van der Waals surface area contributed by atoms with Gasteiger partial charge < -0.3 is 20.5 Å². The van der Waals surface area contributed by atoms with Gasteiger partial charge in [0.25, 0.3) is 0 Å². The average Bonchev–Trinajstić information content (AvgIpc) is 2.65. The quantitative estimate of drug-likeness (QED) is 0.444. The predicted octanol–water partition coefficient (Wildman–Crippen LogP) is 2.50. The van der Waals surface area contributed by atoms with Crippen LogP contribution in [0.3, 0.4) is 0 Å². The summed E-state index contributed by atoms with van der Waals surface area (Å²) < 4.78 is 0. The Labute approximate surface area is 159 Å². The highest BCUT2D eigenvalue weighted by atomic mass is 35.5. The third-order valence-electron chi connectivity index (χ3n) is 4.64. The second kappa shape index (κ2) is 9.07. The fraction of sp³-hybridized carbons (Fsp3) is 0.421. The normalized spacial score (nSPS) is 16.8. The van der Waals surface area contributed by atoms with Crippen molar-refractivity contribution in [2.24, 2.45) is 0 Å². The average molecular weight is 373 g/mol. The zero-order valence-corrected chi connectivity index (χ0v) is 15.8. The Morgan fingerprint density at radius 1 is 1.27 bits per heavy atom. The van der Waals surface area contributed by atoms with E-state index in [1.165, 1.54) is 6.21 Å². The number of halogens is 1. The third kappa shape index (κ3) is 5.00. The van der Waals surface area contributed by atoms with Crippen LogP contribution in [0.2, 0.25) is 5.15 Å². The number of likely N-dealkylation sites (N-methyl/N-ethyl adjacent to an activating group) is 1. The lowest BCUT2D eigenvalue weighted by atomic mass is 10.1. The molecule has 0 spiro atoms. The zero-order valence-electron chi connectivity index (χ0n) is 15.1. The molecule has 0 aliphatic carbocycles. The van der Waals surface area contributed by atoms with Crippen LogP contribution >= 0.6 is 11.6 Å². The minimum atomic E-state index is 0.443. The van der Waals surface area contributed by atoms with Gasteiger partial charge >= 0.3 is 0 Å². The molecule has 138 valence electrons. The van der Waals surface area contributed by atoms with E-state index in [0.29, 0.717) is 5.15 Å². The van der Waals surface area contributed by atoms with Gasteiger partial charge in [0.05, 0.1) is 11.0 Å². The van der Waals surface area contributed by atoms with E-state index >= 15 is 0 Å². The van der Waals surface area contributed by atoms with E-state index in [0.717, 1.165) is 67.9 Å². The molecule has 3 rings (SSSR count). The maximum absolute atomic E-state index is 7.69. The maximum Gasteiger partial charge on any atom is 0.129 e. The van der Waals surface area contributed by atoms with E-state index in [1.54, 1.807) is 12.3 Å². The molecule has 1 fully saturated rings. The number of aromatic nitrogens is 2. The summed E-state index contributed by atoms with van der Waals surface area (Å²) in [6.45, 7) is 6.59. The topological polar surface area (TPSA) is 68.1 Å². The first-order valence-corrected chi connectivity index (χ1v) is 9.31. The van der Waals surface area contributed by atoms with Gasteiger partial charge in [-0.05, 0) is 38.2 Å². The number of nitrogens with one attached hydrogen (secondary N) is 2. The van der Waals surface area contributed by atoms with Crippen molar-refractivity contribution in [1.82, 2.24) is 25.1 Å². The Morgan fingerprint density at radius 3 is 2.85 bits per heavy atom. The molecule has 3 heterocycles. The number of pyridine rings is 2. The van der Waals surface area contributed by atoms with Crippen LogP contribution in [0.4, 0.5) is 0 Å². The van der Waals surface area contributed by atoms with Crippen LogP contribution in [0.1, 0.15) is 12.0 Å². The molecule has 0 unspecified atom stereocenters. The molecule has 6 nitrogen and oxygen atoms in total. The van der Waals surface area contributed by atoms with Crippen molar-refractivity contribution in [3.05, 3.63) is 41.3 Å². The number of allylic oxidation sites excluding steroid dienone is 1. The Morgan fingerprint density at radius 2 is 2.08 bits per heavy atom. The van der Waals surface area contributed by atoms with E-state index in [2.05, 4.69) is 32.1 Å². The third-order valence-corrected chi connectivity index (χ3v) is 4.85. The number of hydrogen-bond donors (Lipinski definition) is 2. The summed E-state index contributed by atoms with van der Waals surface area (Å²) in [5.74, 6) is 0. The van der Waals surface area contributed by atoms with E-state index in [9.17, 15) is 0 Å². The van der Waals surface area contributed by atoms with Gasteiger partial charge in [0, 0.05) is 62.5 Å². The number of hydrogen-bond acceptors (Lipinski definition) is 6. The molecule has 2 aromatic rings. The number of piperazine rings is 1. The summed E-state index contributed by atoms with van der Waals surface area (Å²) in [5, 5.41) is 11.4. The highest BCUT2D eigenvalue weighted by Gasteiger charge is 2.12. The molecule has 0 radical (unpaired) electrons. The monoisotopic (exact) mass is 372 g/mol. The minimum Gasteiger partial charge on any atom is -0.390 e. The molecule has 1 aliphatic heterocycles. The van der Waals surface area contributed by atoms with Gasteiger partial charge in [-0.25, -0.2) is 4.98 Å². The zero-order chi connectivity index (χ0) is 18.4. The van der Waals surface area contributed by atoms with Gasteiger partial charge in [-0.3, -0.25) is 4.98 Å². The minimum absolute atomic E-state index is 0.443. The first-order valence-electron chi connectivity index (χ1n) is 8.93. The molecule has 0 amide bonds. The van der Waals surface area contributed by atoms with E-state index in [-0.39, 0.29) is 0 Å². The Kier molecular flexibility index (Phi) is 6.55. The molecular formula is C19H25ClN6. The maximum atomic E-state index is 7.69. The van der Waals surface area contributed by atoms with Crippen molar-refractivity contribution in [2.75, 3.05) is 46.3 Å². The lowest BCUT2D eigenvalue weighted by Crippen LogP contribution is -2.45. The summed E-state index contributed by atoms with van der Waals surface area (Å²) in [5.41, 5.74) is 3.16. The summed E-state index contributed by atoms with van der Waals surface area (Å²) in [6, 6.07) is 5.49. The number of rotatable bonds is 7. The summed E-state index contributed by atoms with van der Waals surface area (Å²) in [4.78, 5) is 13.6. The molecule has 0 bridgehead atoms. The molecule has 7 heteroatoms. The molecule has 0 saturated carbocycles. The van der Waals surface area contributed by atoms with Crippen LogP contribution in [0.5, 0.6) is 0 Å². The van der Waals surface area contributed by atoms with E-state index < -0.39 is 0 Å². The highest BCUT2D eigenvalue weighted by molar-refractivity contribution is 6.29. The molecular weight excluding hydrogens is 348 g/mol. The van der Waals surface area contributed by atoms with Gasteiger partial charge in [0.15, 0.2) is 0 Å². The summed E-state index contributed by atoms with van der Waals surface area (Å²) >= 11 is 5.96. The number of nitrogens with zero attached hydrogens (tertiary/aromatic N) is 4. The van der Waals surface area contributed by atoms with Crippen LogP contribution in [0.25, 0.3) is 16.6 Å². The SMILES string of the molecule is CN1CCN(CCCN/C=C(\C=N)c2cnc3ccc(Cl)nc3c2)CC1. The molecule has 2 aromatic heterocycles. The fourth-order valence-electron chi connectivity index (χ4n) is 3.01. The van der Waals surface area contributed by atoms with E-state index in [1.807, 2.05) is 18.3 Å². The molecule has 0 aromatic carbocycles. The van der Waals surface area contributed by atoms with Crippen molar-refractivity contribution < 1.29 is 0 Å². The first-order chi connectivity index (χ1) is 12.7. The van der Waals surface area contributed by atoms with Crippen molar-refractivity contribution in [2.45, 2.75) is 6.42 Å². The van der Waals surface area contributed by atoms with Crippen LogP contribution in [-0.4, -0.2) is 72.3 Å². The lowest BCUT2D eigenvalue weighted by Gasteiger charge is -2.32. The second-order valence-corrected chi connectivity index (χ2v) is 6.98. The Bertz CT molecular complexity index is 783. The van der Waals surface area contributed by atoms with Crippen LogP contribution < -0.4 is 5.32 Å². The Balaban J connectivity index is 1.54. The molecule has 1 saturated heterocycles. The predicted molar refractivity (Wildman–Crippen MR) is 108 cm³/mol. The molecule has 2 N–H and O–H groups in total. The van der Waals surface area contributed by atoms with Gasteiger partial charge in [-0.1, -0.05) is 11.6 Å². The van der Waals surface area contributed by atoms with Crippen LogP contribution in [0, 0.1) is 5.41 Å². The van der Waals surface area contributed by atoms with Crippen molar-refractivity contribution >= 4 is 34.4 Å². The van der Waals surface area contributed by atoms with Crippen molar-refractivity contribution in [1.29, 1.82) is 5.41 Å². The van der Waals surface area contributed by atoms with E-state index in [4.69, 9.17) is 17.0 Å². The van der Waals surface area contributed by atoms with Gasteiger partial charge in [-0.15, -0.1) is 0 Å². The van der Waals surface area contributed by atoms with Gasteiger partial charge in [0.1, 0.15) is 5.15 Å². The molecule has 26 heavy (non-hydrogen) atoms. The van der Waals surface area contributed by atoms with Crippen LogP contribution in [0.15, 0.2) is 30.6 Å².